The minimum Gasteiger partial charge on any atom is -0.298 e. The van der Waals surface area contributed by atoms with Crippen molar-refractivity contribution in [1.82, 2.24) is 4.98 Å². The van der Waals surface area contributed by atoms with E-state index in [4.69, 9.17) is 0 Å². The number of benzene rings is 2. The summed E-state index contributed by atoms with van der Waals surface area (Å²) >= 11 is 1.42. The molecule has 21 heavy (non-hydrogen) atoms. The van der Waals surface area contributed by atoms with E-state index in [1.165, 1.54) is 29.5 Å². The molecule has 1 aromatic heterocycles. The van der Waals surface area contributed by atoms with Gasteiger partial charge in [0, 0.05) is 5.56 Å². The molecule has 0 aliphatic rings. The van der Waals surface area contributed by atoms with Crippen LogP contribution in [0.2, 0.25) is 0 Å². The number of anilines is 1. The lowest BCUT2D eigenvalue weighted by Gasteiger charge is -2.01. The van der Waals surface area contributed by atoms with E-state index in [0.717, 1.165) is 22.2 Å². The van der Waals surface area contributed by atoms with Gasteiger partial charge in [0.1, 0.15) is 5.82 Å². The summed E-state index contributed by atoms with van der Waals surface area (Å²) in [5.41, 5.74) is 2.35. The van der Waals surface area contributed by atoms with Crippen LogP contribution >= 0.6 is 11.3 Å². The summed E-state index contributed by atoms with van der Waals surface area (Å²) < 4.78 is 14.2. The number of aryl methyl sites for hydroxylation is 1. The number of rotatable bonds is 3. The molecular weight excluding hydrogens is 287 g/mol. The second-order valence-corrected chi connectivity index (χ2v) is 5.63. The highest BCUT2D eigenvalue weighted by molar-refractivity contribution is 7.22. The summed E-state index contributed by atoms with van der Waals surface area (Å²) in [5.74, 6) is -0.785. The van der Waals surface area contributed by atoms with Gasteiger partial charge in [-0.25, -0.2) is 9.37 Å². The van der Waals surface area contributed by atoms with Gasteiger partial charge in [-0.3, -0.25) is 10.1 Å². The van der Waals surface area contributed by atoms with E-state index in [1.54, 1.807) is 6.07 Å². The van der Waals surface area contributed by atoms with Crippen molar-refractivity contribution in [2.45, 2.75) is 13.3 Å². The molecule has 0 aliphatic carbocycles. The second kappa shape index (κ2) is 5.61. The van der Waals surface area contributed by atoms with E-state index >= 15 is 0 Å². The summed E-state index contributed by atoms with van der Waals surface area (Å²) in [6, 6.07) is 11.6. The number of para-hydroxylation sites is 1. The Hall–Kier alpha value is -2.27. The standard InChI is InChI=1S/C16H13FN2OS/c1-2-10-5-4-8-13-14(10)18-16(21-13)19-15(20)11-6-3-7-12(17)9-11/h3-9H,2H2,1H3,(H,18,19,20). The van der Waals surface area contributed by atoms with Crippen molar-refractivity contribution in [2.75, 3.05) is 5.32 Å². The fourth-order valence-corrected chi connectivity index (χ4v) is 3.05. The van der Waals surface area contributed by atoms with Gasteiger partial charge in [0.05, 0.1) is 10.2 Å². The monoisotopic (exact) mass is 300 g/mol. The number of amides is 1. The molecule has 0 aliphatic heterocycles. The first-order valence-electron chi connectivity index (χ1n) is 6.62. The molecule has 0 bridgehead atoms. The maximum absolute atomic E-state index is 13.1. The van der Waals surface area contributed by atoms with Crippen molar-refractivity contribution in [2.24, 2.45) is 0 Å². The lowest BCUT2D eigenvalue weighted by atomic mass is 10.1. The zero-order chi connectivity index (χ0) is 14.8. The van der Waals surface area contributed by atoms with Gasteiger partial charge in [0.15, 0.2) is 5.13 Å². The predicted molar refractivity (Wildman–Crippen MR) is 83.4 cm³/mol. The first-order chi connectivity index (χ1) is 10.2. The Morgan fingerprint density at radius 1 is 1.29 bits per heavy atom. The van der Waals surface area contributed by atoms with Crippen LogP contribution in [-0.2, 0) is 6.42 Å². The molecule has 106 valence electrons. The Morgan fingerprint density at radius 3 is 2.86 bits per heavy atom. The lowest BCUT2D eigenvalue weighted by Crippen LogP contribution is -2.11. The van der Waals surface area contributed by atoms with E-state index in [-0.39, 0.29) is 11.5 Å². The smallest absolute Gasteiger partial charge is 0.257 e. The molecule has 0 radical (unpaired) electrons. The van der Waals surface area contributed by atoms with E-state index in [1.807, 2.05) is 18.2 Å². The van der Waals surface area contributed by atoms with Gasteiger partial charge in [-0.2, -0.15) is 0 Å². The number of aromatic nitrogens is 1. The predicted octanol–water partition coefficient (Wildman–Crippen LogP) is 4.25. The largest absolute Gasteiger partial charge is 0.298 e. The number of carbonyl (C=O) groups excluding carboxylic acids is 1. The molecule has 3 nitrogen and oxygen atoms in total. The zero-order valence-electron chi connectivity index (χ0n) is 11.4. The number of thiazole rings is 1. The van der Waals surface area contributed by atoms with Gasteiger partial charge in [-0.1, -0.05) is 36.5 Å². The van der Waals surface area contributed by atoms with Gasteiger partial charge in [-0.15, -0.1) is 0 Å². The van der Waals surface area contributed by atoms with Crippen molar-refractivity contribution in [3.05, 3.63) is 59.4 Å². The number of carbonyl (C=O) groups is 1. The van der Waals surface area contributed by atoms with Crippen molar-refractivity contribution in [3.8, 4) is 0 Å². The third-order valence-corrected chi connectivity index (χ3v) is 4.13. The van der Waals surface area contributed by atoms with E-state index < -0.39 is 5.82 Å². The molecule has 0 saturated heterocycles. The molecule has 1 N–H and O–H groups in total. The van der Waals surface area contributed by atoms with Crippen LogP contribution in [0, 0.1) is 5.82 Å². The molecule has 3 aromatic rings. The van der Waals surface area contributed by atoms with E-state index in [2.05, 4.69) is 17.2 Å². The Bertz CT molecular complexity index is 813. The quantitative estimate of drug-likeness (QED) is 0.785. The normalized spacial score (nSPS) is 10.8. The van der Waals surface area contributed by atoms with Crippen LogP contribution in [0.25, 0.3) is 10.2 Å². The topological polar surface area (TPSA) is 42.0 Å². The Morgan fingerprint density at radius 2 is 2.10 bits per heavy atom. The summed E-state index contributed by atoms with van der Waals surface area (Å²) in [6.45, 7) is 2.07. The SMILES string of the molecule is CCc1cccc2sc(NC(=O)c3cccc(F)c3)nc12. The molecular formula is C16H13FN2OS. The Kier molecular flexibility index (Phi) is 3.66. The van der Waals surface area contributed by atoms with Crippen LogP contribution in [-0.4, -0.2) is 10.9 Å². The van der Waals surface area contributed by atoms with E-state index in [9.17, 15) is 9.18 Å². The maximum atomic E-state index is 13.1. The molecule has 0 atom stereocenters. The molecule has 2 aromatic carbocycles. The average molecular weight is 300 g/mol. The molecule has 0 unspecified atom stereocenters. The average Bonchev–Trinajstić information content (AvgIpc) is 2.89. The Labute approximate surface area is 125 Å². The van der Waals surface area contributed by atoms with Gasteiger partial charge in [0.25, 0.3) is 5.91 Å². The third-order valence-electron chi connectivity index (χ3n) is 3.19. The number of hydrogen-bond donors (Lipinski definition) is 1. The summed E-state index contributed by atoms with van der Waals surface area (Å²) in [6.07, 6.45) is 0.887. The van der Waals surface area contributed by atoms with Gasteiger partial charge in [-0.05, 0) is 36.2 Å². The van der Waals surface area contributed by atoms with Gasteiger partial charge in [0.2, 0.25) is 0 Å². The highest BCUT2D eigenvalue weighted by Crippen LogP contribution is 2.28. The van der Waals surface area contributed by atoms with Crippen molar-refractivity contribution in [1.29, 1.82) is 0 Å². The number of hydrogen-bond acceptors (Lipinski definition) is 3. The second-order valence-electron chi connectivity index (χ2n) is 4.60. The number of fused-ring (bicyclic) bond motifs is 1. The minimum absolute atomic E-state index is 0.282. The molecule has 0 spiro atoms. The first-order valence-corrected chi connectivity index (χ1v) is 7.44. The highest BCUT2D eigenvalue weighted by atomic mass is 32.1. The zero-order valence-corrected chi connectivity index (χ0v) is 12.2. The Balaban J connectivity index is 1.90. The maximum Gasteiger partial charge on any atom is 0.257 e. The fraction of sp³-hybridized carbons (Fsp3) is 0.125. The molecule has 1 amide bonds. The van der Waals surface area contributed by atoms with Crippen molar-refractivity contribution >= 4 is 32.6 Å². The summed E-state index contributed by atoms with van der Waals surface area (Å²) in [5, 5.41) is 3.26. The number of halogens is 1. The number of nitrogens with one attached hydrogen (secondary N) is 1. The molecule has 5 heteroatoms. The van der Waals surface area contributed by atoms with E-state index in [0.29, 0.717) is 5.13 Å². The van der Waals surface area contributed by atoms with Crippen molar-refractivity contribution in [3.63, 3.8) is 0 Å². The molecule has 1 heterocycles. The van der Waals surface area contributed by atoms with Gasteiger partial charge < -0.3 is 0 Å². The molecule has 3 rings (SSSR count). The van der Waals surface area contributed by atoms with Crippen molar-refractivity contribution < 1.29 is 9.18 Å². The van der Waals surface area contributed by atoms with Crippen LogP contribution in [0.15, 0.2) is 42.5 Å². The molecule has 0 fully saturated rings. The molecule has 0 saturated carbocycles. The highest BCUT2D eigenvalue weighted by Gasteiger charge is 2.11. The summed E-state index contributed by atoms with van der Waals surface area (Å²) in [7, 11) is 0. The summed E-state index contributed by atoms with van der Waals surface area (Å²) in [4.78, 5) is 16.6. The third kappa shape index (κ3) is 2.78. The van der Waals surface area contributed by atoms with Crippen LogP contribution in [0.1, 0.15) is 22.8 Å². The van der Waals surface area contributed by atoms with Crippen LogP contribution in [0.5, 0.6) is 0 Å². The van der Waals surface area contributed by atoms with Crippen LogP contribution in [0.3, 0.4) is 0 Å². The lowest BCUT2D eigenvalue weighted by molar-refractivity contribution is 0.102. The number of nitrogens with zero attached hydrogens (tertiary/aromatic N) is 1. The first kappa shape index (κ1) is 13.7. The van der Waals surface area contributed by atoms with Crippen LogP contribution in [0.4, 0.5) is 9.52 Å². The minimum atomic E-state index is -0.430. The van der Waals surface area contributed by atoms with Gasteiger partial charge >= 0.3 is 0 Å². The fourth-order valence-electron chi connectivity index (χ4n) is 2.14. The van der Waals surface area contributed by atoms with Crippen LogP contribution < -0.4 is 5.32 Å².